The van der Waals surface area contributed by atoms with Gasteiger partial charge in [0, 0.05) is 24.0 Å². The Morgan fingerprint density at radius 3 is 2.52 bits per heavy atom. The van der Waals surface area contributed by atoms with Crippen molar-refractivity contribution in [1.82, 2.24) is 9.62 Å². The molecular weight excluding hydrogens is 412 g/mol. The summed E-state index contributed by atoms with van der Waals surface area (Å²) in [7, 11) is -3.57. The number of hydrogen-bond donors (Lipinski definition) is 1. The van der Waals surface area contributed by atoms with E-state index in [9.17, 15) is 13.2 Å². The van der Waals surface area contributed by atoms with Crippen LogP contribution in [-0.4, -0.2) is 44.9 Å². The third-order valence-electron chi connectivity index (χ3n) is 5.44. The van der Waals surface area contributed by atoms with Crippen LogP contribution in [-0.2, 0) is 10.0 Å². The number of amides is 1. The molecule has 0 aliphatic carbocycles. The lowest BCUT2D eigenvalue weighted by molar-refractivity contribution is 0.0947. The molecule has 0 aromatic heterocycles. The lowest BCUT2D eigenvalue weighted by atomic mass is 10.1. The number of ether oxygens (including phenoxy) is 1. The second kappa shape index (κ2) is 9.49. The third kappa shape index (κ3) is 4.89. The van der Waals surface area contributed by atoms with Gasteiger partial charge in [0.05, 0.1) is 11.4 Å². The maximum atomic E-state index is 12.9. The highest BCUT2D eigenvalue weighted by atomic mass is 32.2. The molecule has 0 unspecified atom stereocenters. The number of nitrogens with one attached hydrogen (secondary N) is 1. The van der Waals surface area contributed by atoms with E-state index >= 15 is 0 Å². The Morgan fingerprint density at radius 1 is 0.935 bits per heavy atom. The molecule has 162 valence electrons. The van der Waals surface area contributed by atoms with Gasteiger partial charge in [0.2, 0.25) is 10.0 Å². The van der Waals surface area contributed by atoms with Crippen molar-refractivity contribution in [1.29, 1.82) is 0 Å². The van der Waals surface area contributed by atoms with Gasteiger partial charge in [0.1, 0.15) is 12.4 Å². The number of fused-ring (bicyclic) bond motifs is 1. The van der Waals surface area contributed by atoms with E-state index in [4.69, 9.17) is 4.74 Å². The molecule has 1 aliphatic heterocycles. The van der Waals surface area contributed by atoms with Gasteiger partial charge < -0.3 is 10.1 Å². The number of benzene rings is 3. The number of piperidine rings is 1. The fourth-order valence-corrected chi connectivity index (χ4v) is 5.36. The second-order valence-electron chi connectivity index (χ2n) is 7.57. The number of sulfonamides is 1. The molecule has 6 nitrogen and oxygen atoms in total. The average molecular weight is 439 g/mol. The molecule has 1 saturated heterocycles. The van der Waals surface area contributed by atoms with Gasteiger partial charge in [-0.1, -0.05) is 48.9 Å². The van der Waals surface area contributed by atoms with Crippen molar-refractivity contribution in [3.05, 3.63) is 72.3 Å². The molecule has 3 aromatic rings. The van der Waals surface area contributed by atoms with Crippen molar-refractivity contribution in [3.8, 4) is 5.75 Å². The second-order valence-corrected chi connectivity index (χ2v) is 9.51. The average Bonchev–Trinajstić information content (AvgIpc) is 2.82. The molecule has 1 aliphatic rings. The minimum absolute atomic E-state index is 0.161. The molecule has 31 heavy (non-hydrogen) atoms. The largest absolute Gasteiger partial charge is 0.491 e. The topological polar surface area (TPSA) is 75.7 Å². The van der Waals surface area contributed by atoms with E-state index in [-0.39, 0.29) is 10.8 Å². The van der Waals surface area contributed by atoms with Gasteiger partial charge in [-0.25, -0.2) is 8.42 Å². The first-order valence-corrected chi connectivity index (χ1v) is 12.0. The number of nitrogens with zero attached hydrogens (tertiary/aromatic N) is 1. The van der Waals surface area contributed by atoms with Crippen LogP contribution in [0.3, 0.4) is 0 Å². The number of carbonyl (C=O) groups is 1. The summed E-state index contributed by atoms with van der Waals surface area (Å²) in [6, 6.07) is 20.0. The van der Waals surface area contributed by atoms with Crippen molar-refractivity contribution < 1.29 is 17.9 Å². The van der Waals surface area contributed by atoms with Crippen LogP contribution in [0.2, 0.25) is 0 Å². The van der Waals surface area contributed by atoms with Gasteiger partial charge in [0.25, 0.3) is 5.91 Å². The Morgan fingerprint density at radius 2 is 1.68 bits per heavy atom. The van der Waals surface area contributed by atoms with Gasteiger partial charge in [0.15, 0.2) is 0 Å². The summed E-state index contributed by atoms with van der Waals surface area (Å²) < 4.78 is 33.1. The van der Waals surface area contributed by atoms with Crippen molar-refractivity contribution in [2.45, 2.75) is 24.2 Å². The van der Waals surface area contributed by atoms with Gasteiger partial charge in [-0.2, -0.15) is 4.31 Å². The third-order valence-corrected chi connectivity index (χ3v) is 7.34. The van der Waals surface area contributed by atoms with Crippen LogP contribution < -0.4 is 10.1 Å². The van der Waals surface area contributed by atoms with E-state index in [0.29, 0.717) is 31.8 Å². The van der Waals surface area contributed by atoms with Crippen LogP contribution in [0.5, 0.6) is 5.75 Å². The van der Waals surface area contributed by atoms with E-state index in [2.05, 4.69) is 5.32 Å². The van der Waals surface area contributed by atoms with E-state index in [1.807, 2.05) is 42.5 Å². The predicted octanol–water partition coefficient (Wildman–Crippen LogP) is 3.82. The zero-order valence-electron chi connectivity index (χ0n) is 17.3. The molecule has 0 bridgehead atoms. The van der Waals surface area contributed by atoms with Crippen LogP contribution in [0, 0.1) is 0 Å². The predicted molar refractivity (Wildman–Crippen MR) is 121 cm³/mol. The SMILES string of the molecule is O=C(NCCOc1cccc2ccccc12)c1cccc(S(=O)(=O)N2CCCCC2)c1. The first kappa shape index (κ1) is 21.3. The number of carbonyl (C=O) groups excluding carboxylic acids is 1. The highest BCUT2D eigenvalue weighted by Gasteiger charge is 2.26. The van der Waals surface area contributed by atoms with Crippen LogP contribution in [0.15, 0.2) is 71.6 Å². The molecule has 1 fully saturated rings. The fraction of sp³-hybridized carbons (Fsp3) is 0.292. The minimum atomic E-state index is -3.57. The van der Waals surface area contributed by atoms with Gasteiger partial charge in [-0.15, -0.1) is 0 Å². The van der Waals surface area contributed by atoms with Crippen LogP contribution >= 0.6 is 0 Å². The molecule has 0 saturated carbocycles. The van der Waals surface area contributed by atoms with Crippen molar-refractivity contribution >= 4 is 26.7 Å². The Bertz CT molecular complexity index is 1170. The highest BCUT2D eigenvalue weighted by Crippen LogP contribution is 2.25. The van der Waals surface area contributed by atoms with E-state index in [0.717, 1.165) is 35.8 Å². The molecule has 0 atom stereocenters. The van der Waals surface area contributed by atoms with Crippen LogP contribution in [0.25, 0.3) is 10.8 Å². The van der Waals surface area contributed by atoms with Crippen molar-refractivity contribution in [2.75, 3.05) is 26.2 Å². The molecule has 7 heteroatoms. The monoisotopic (exact) mass is 438 g/mol. The fourth-order valence-electron chi connectivity index (χ4n) is 3.80. The summed E-state index contributed by atoms with van der Waals surface area (Å²) in [5, 5.41) is 4.92. The Hall–Kier alpha value is -2.90. The molecule has 0 radical (unpaired) electrons. The maximum Gasteiger partial charge on any atom is 0.251 e. The highest BCUT2D eigenvalue weighted by molar-refractivity contribution is 7.89. The summed E-state index contributed by atoms with van der Waals surface area (Å²) >= 11 is 0. The smallest absolute Gasteiger partial charge is 0.251 e. The zero-order valence-corrected chi connectivity index (χ0v) is 18.1. The first-order chi connectivity index (χ1) is 15.1. The molecule has 4 rings (SSSR count). The summed E-state index contributed by atoms with van der Waals surface area (Å²) in [5.74, 6) is 0.444. The summed E-state index contributed by atoms with van der Waals surface area (Å²) in [4.78, 5) is 12.7. The van der Waals surface area contributed by atoms with E-state index < -0.39 is 10.0 Å². The Labute approximate surface area is 182 Å². The quantitative estimate of drug-likeness (QED) is 0.569. The van der Waals surface area contributed by atoms with Gasteiger partial charge in [-0.3, -0.25) is 4.79 Å². The zero-order chi connectivity index (χ0) is 21.7. The van der Waals surface area contributed by atoms with Crippen molar-refractivity contribution in [3.63, 3.8) is 0 Å². The summed E-state index contributed by atoms with van der Waals surface area (Å²) in [6.07, 6.45) is 2.79. The number of hydrogen-bond acceptors (Lipinski definition) is 4. The van der Waals surface area contributed by atoms with E-state index in [1.54, 1.807) is 18.2 Å². The van der Waals surface area contributed by atoms with Crippen LogP contribution in [0.4, 0.5) is 0 Å². The van der Waals surface area contributed by atoms with Gasteiger partial charge in [-0.05, 0) is 42.5 Å². The summed E-state index contributed by atoms with van der Waals surface area (Å²) in [5.41, 5.74) is 0.322. The molecule has 1 amide bonds. The van der Waals surface area contributed by atoms with Gasteiger partial charge >= 0.3 is 0 Å². The normalized spacial score (nSPS) is 15.0. The first-order valence-electron chi connectivity index (χ1n) is 10.5. The maximum absolute atomic E-state index is 12.9. The minimum Gasteiger partial charge on any atom is -0.491 e. The standard InChI is InChI=1S/C24H26N2O4S/c27-24(25-14-17-30-23-13-7-9-19-8-2-3-12-22(19)23)20-10-6-11-21(18-20)31(28,29)26-15-4-1-5-16-26/h2-3,6-13,18H,1,4-5,14-17H2,(H,25,27). The lowest BCUT2D eigenvalue weighted by Crippen LogP contribution is -2.35. The van der Waals surface area contributed by atoms with Crippen LogP contribution in [0.1, 0.15) is 29.6 Å². The molecule has 1 N–H and O–H groups in total. The summed E-state index contributed by atoms with van der Waals surface area (Å²) in [6.45, 7) is 1.69. The Kier molecular flexibility index (Phi) is 6.53. The van der Waals surface area contributed by atoms with Crippen molar-refractivity contribution in [2.24, 2.45) is 0 Å². The molecule has 1 heterocycles. The molecular formula is C24H26N2O4S. The molecule has 0 spiro atoms. The number of rotatable bonds is 7. The Balaban J connectivity index is 1.36. The lowest BCUT2D eigenvalue weighted by Gasteiger charge is -2.26. The molecule has 3 aromatic carbocycles. The van der Waals surface area contributed by atoms with E-state index in [1.165, 1.54) is 10.4 Å².